The minimum Gasteiger partial charge on any atom is -0.326 e. The third-order valence-electron chi connectivity index (χ3n) is 1.97. The average Bonchev–Trinajstić information content (AvgIpc) is 2.17. The normalized spacial score (nSPS) is 14.2. The molecule has 0 saturated carbocycles. The highest BCUT2D eigenvalue weighted by atomic mass is 14.5. The van der Waals surface area contributed by atoms with E-state index in [0.29, 0.717) is 0 Å². The fourth-order valence-electron chi connectivity index (χ4n) is 1.31. The summed E-state index contributed by atoms with van der Waals surface area (Å²) in [5.74, 6) is 0. The zero-order valence-electron chi connectivity index (χ0n) is 7.70. The molecule has 2 aromatic carbocycles. The van der Waals surface area contributed by atoms with Crippen molar-refractivity contribution in [3.05, 3.63) is 48.0 Å². The Morgan fingerprint density at radius 2 is 1.83 bits per heavy atom. The summed E-state index contributed by atoms with van der Waals surface area (Å²) >= 11 is 0. The van der Waals surface area contributed by atoms with E-state index in [2.05, 4.69) is 6.07 Å². The van der Waals surface area contributed by atoms with Gasteiger partial charge in [0.15, 0.2) is 0 Å². The molecule has 60 valence electrons. The van der Waals surface area contributed by atoms with E-state index in [1.54, 1.807) is 0 Å². The fourth-order valence-corrected chi connectivity index (χ4v) is 1.31. The van der Waals surface area contributed by atoms with Crippen molar-refractivity contribution in [1.29, 1.82) is 0 Å². The van der Waals surface area contributed by atoms with Crippen molar-refractivity contribution in [3.63, 3.8) is 0 Å². The second-order valence-corrected chi connectivity index (χ2v) is 2.77. The van der Waals surface area contributed by atoms with Crippen LogP contribution in [-0.4, -0.2) is 0 Å². The second kappa shape index (κ2) is 2.95. The Morgan fingerprint density at radius 1 is 1.08 bits per heavy atom. The third-order valence-corrected chi connectivity index (χ3v) is 1.97. The summed E-state index contributed by atoms with van der Waals surface area (Å²) in [4.78, 5) is 0. The molecule has 2 rings (SSSR count). The van der Waals surface area contributed by atoms with Crippen LogP contribution in [-0.2, 0) is 6.52 Å². The molecule has 0 aliphatic rings. The van der Waals surface area contributed by atoms with Gasteiger partial charge in [-0.1, -0.05) is 36.4 Å². The van der Waals surface area contributed by atoms with Crippen molar-refractivity contribution < 1.29 is 1.37 Å². The maximum Gasteiger partial charge on any atom is 0.0477 e. The quantitative estimate of drug-likeness (QED) is 0.677. The van der Waals surface area contributed by atoms with Crippen LogP contribution in [0.25, 0.3) is 10.8 Å². The van der Waals surface area contributed by atoms with Gasteiger partial charge in [0.05, 0.1) is 0 Å². The molecule has 0 aliphatic heterocycles. The second-order valence-electron chi connectivity index (χ2n) is 2.77. The Hall–Kier alpha value is -1.34. The van der Waals surface area contributed by atoms with Crippen molar-refractivity contribution in [2.45, 2.75) is 6.52 Å². The maximum absolute atomic E-state index is 7.37. The molecule has 0 heterocycles. The topological polar surface area (TPSA) is 26.0 Å². The molecule has 1 heteroatoms. The van der Waals surface area contributed by atoms with E-state index in [1.807, 2.05) is 36.4 Å². The summed E-state index contributed by atoms with van der Waals surface area (Å²) in [6, 6.07) is 13.9. The predicted octanol–water partition coefficient (Wildman–Crippen LogP) is 2.30. The molecule has 1 atom stereocenters. The number of nitrogens with two attached hydrogens (primary N) is 1. The summed E-state index contributed by atoms with van der Waals surface area (Å²) in [6.07, 6.45) is 0. The van der Waals surface area contributed by atoms with E-state index in [1.165, 1.54) is 5.39 Å². The molecule has 0 unspecified atom stereocenters. The lowest BCUT2D eigenvalue weighted by Crippen LogP contribution is -1.95. The van der Waals surface area contributed by atoms with Crippen LogP contribution in [0.5, 0.6) is 0 Å². The van der Waals surface area contributed by atoms with Gasteiger partial charge >= 0.3 is 0 Å². The van der Waals surface area contributed by atoms with Crippen molar-refractivity contribution >= 4 is 10.8 Å². The molecular formula is C11H11N. The third kappa shape index (κ3) is 1.19. The molecule has 0 aromatic heterocycles. The largest absolute Gasteiger partial charge is 0.326 e. The van der Waals surface area contributed by atoms with Crippen LogP contribution in [0.3, 0.4) is 0 Å². The Bertz CT molecular complexity index is 423. The van der Waals surface area contributed by atoms with Gasteiger partial charge in [-0.15, -0.1) is 0 Å². The molecule has 0 saturated heterocycles. The van der Waals surface area contributed by atoms with Crippen molar-refractivity contribution in [2.24, 2.45) is 5.73 Å². The van der Waals surface area contributed by atoms with Gasteiger partial charge in [0.25, 0.3) is 0 Å². The summed E-state index contributed by atoms with van der Waals surface area (Å²) < 4.78 is 7.37. The Kier molecular flexibility index (Phi) is 1.53. The highest BCUT2D eigenvalue weighted by molar-refractivity contribution is 5.82. The maximum atomic E-state index is 7.37. The van der Waals surface area contributed by atoms with Gasteiger partial charge in [0.1, 0.15) is 0 Å². The van der Waals surface area contributed by atoms with Crippen LogP contribution in [0, 0.1) is 0 Å². The predicted molar refractivity (Wildman–Crippen MR) is 51.8 cm³/mol. The molecule has 0 radical (unpaired) electrons. The summed E-state index contributed by atoms with van der Waals surface area (Å²) in [6.45, 7) is -0.635. The molecule has 0 aliphatic carbocycles. The van der Waals surface area contributed by atoms with E-state index in [-0.39, 0.29) is 0 Å². The summed E-state index contributed by atoms with van der Waals surface area (Å²) in [7, 11) is 0. The lowest BCUT2D eigenvalue weighted by molar-refractivity contribution is 1.08. The van der Waals surface area contributed by atoms with E-state index >= 15 is 0 Å². The van der Waals surface area contributed by atoms with Crippen molar-refractivity contribution in [1.82, 2.24) is 0 Å². The fraction of sp³-hybridized carbons (Fsp3) is 0.0909. The van der Waals surface area contributed by atoms with Crippen LogP contribution in [0.15, 0.2) is 42.5 Å². The number of hydrogen-bond acceptors (Lipinski definition) is 1. The number of hydrogen-bond donors (Lipinski definition) is 1. The van der Waals surface area contributed by atoms with Gasteiger partial charge in [-0.05, 0) is 22.4 Å². The molecule has 12 heavy (non-hydrogen) atoms. The number of benzene rings is 2. The van der Waals surface area contributed by atoms with Crippen LogP contribution in [0.4, 0.5) is 0 Å². The molecule has 1 nitrogen and oxygen atoms in total. The van der Waals surface area contributed by atoms with Crippen LogP contribution < -0.4 is 5.73 Å². The molecular weight excluding hydrogens is 146 g/mol. The molecule has 2 N–H and O–H groups in total. The minimum absolute atomic E-state index is 0.635. The van der Waals surface area contributed by atoms with E-state index < -0.39 is 6.52 Å². The summed E-state index contributed by atoms with van der Waals surface area (Å²) in [5.41, 5.74) is 6.33. The highest BCUT2D eigenvalue weighted by Gasteiger charge is 1.92. The monoisotopic (exact) mass is 158 g/mol. The Balaban J connectivity index is 2.62. The Morgan fingerprint density at radius 3 is 2.58 bits per heavy atom. The van der Waals surface area contributed by atoms with E-state index in [4.69, 9.17) is 7.10 Å². The highest BCUT2D eigenvalue weighted by Crippen LogP contribution is 2.14. The molecule has 0 spiro atoms. The zero-order chi connectivity index (χ0) is 9.26. The molecule has 0 amide bonds. The smallest absolute Gasteiger partial charge is 0.0477 e. The summed E-state index contributed by atoms with van der Waals surface area (Å²) in [5, 5.41) is 2.33. The van der Waals surface area contributed by atoms with Gasteiger partial charge in [0, 0.05) is 7.89 Å². The molecule has 0 bridgehead atoms. The van der Waals surface area contributed by atoms with Crippen molar-refractivity contribution in [3.8, 4) is 0 Å². The first-order valence-electron chi connectivity index (χ1n) is 4.51. The minimum atomic E-state index is -0.635. The van der Waals surface area contributed by atoms with Gasteiger partial charge in [-0.3, -0.25) is 0 Å². The van der Waals surface area contributed by atoms with Gasteiger partial charge in [0.2, 0.25) is 0 Å². The number of rotatable bonds is 1. The lowest BCUT2D eigenvalue weighted by atomic mass is 10.1. The van der Waals surface area contributed by atoms with Gasteiger partial charge in [-0.2, -0.15) is 0 Å². The van der Waals surface area contributed by atoms with E-state index in [9.17, 15) is 0 Å². The SMILES string of the molecule is [2H][C@H](N)c1ccc2ccccc2c1. The zero-order valence-corrected chi connectivity index (χ0v) is 6.70. The Labute approximate surface area is 73.2 Å². The van der Waals surface area contributed by atoms with Crippen LogP contribution >= 0.6 is 0 Å². The average molecular weight is 158 g/mol. The lowest BCUT2D eigenvalue weighted by Gasteiger charge is -1.99. The first-order chi connectivity index (χ1) is 6.27. The van der Waals surface area contributed by atoms with Gasteiger partial charge < -0.3 is 5.73 Å². The van der Waals surface area contributed by atoms with Crippen LogP contribution in [0.1, 0.15) is 6.93 Å². The van der Waals surface area contributed by atoms with Gasteiger partial charge in [-0.25, -0.2) is 0 Å². The molecule has 2 aromatic rings. The number of fused-ring (bicyclic) bond motifs is 1. The van der Waals surface area contributed by atoms with E-state index in [0.717, 1.165) is 10.9 Å². The molecule has 0 fully saturated rings. The van der Waals surface area contributed by atoms with Crippen LogP contribution in [0.2, 0.25) is 0 Å². The first kappa shape index (κ1) is 6.21. The van der Waals surface area contributed by atoms with Crippen molar-refractivity contribution in [2.75, 3.05) is 0 Å². The first-order valence-corrected chi connectivity index (χ1v) is 3.94. The standard InChI is InChI=1S/C11H11N/c12-8-9-5-6-10-3-1-2-4-11(10)7-9/h1-7H,8,12H2/i8D/t8-/m0/s1.